The molecule has 0 amide bonds. The fourth-order valence-corrected chi connectivity index (χ4v) is 1.46. The van der Waals surface area contributed by atoms with Crippen molar-refractivity contribution in [2.75, 3.05) is 7.11 Å². The molecule has 0 unspecified atom stereocenters. The lowest BCUT2D eigenvalue weighted by Gasteiger charge is -2.10. The van der Waals surface area contributed by atoms with Crippen molar-refractivity contribution in [2.45, 2.75) is 20.0 Å². The van der Waals surface area contributed by atoms with Crippen LogP contribution in [0, 0.1) is 13.8 Å². The number of hydrogen-bond acceptors (Lipinski definition) is 2. The van der Waals surface area contributed by atoms with E-state index in [4.69, 9.17) is 16.3 Å². The highest BCUT2D eigenvalue weighted by atomic mass is 35.5. The Morgan fingerprint density at radius 1 is 1.24 bits per heavy atom. The molecule has 17 heavy (non-hydrogen) atoms. The second-order valence-corrected chi connectivity index (χ2v) is 3.87. The zero-order valence-corrected chi connectivity index (χ0v) is 10.3. The quantitative estimate of drug-likeness (QED) is 0.737. The highest BCUT2D eigenvalue weighted by Gasteiger charge is 2.34. The number of hydrogen-bond donors (Lipinski definition) is 0. The third-order valence-corrected chi connectivity index (χ3v) is 2.44. The van der Waals surface area contributed by atoms with E-state index in [1.807, 2.05) is 0 Å². The summed E-state index contributed by atoms with van der Waals surface area (Å²) in [6, 6.07) is 3.21. The summed E-state index contributed by atoms with van der Waals surface area (Å²) < 4.78 is 41.8. The van der Waals surface area contributed by atoms with Gasteiger partial charge in [-0.2, -0.15) is 13.2 Å². The molecule has 1 aromatic carbocycles. The van der Waals surface area contributed by atoms with Gasteiger partial charge in [0, 0.05) is 0 Å². The predicted octanol–water partition coefficient (Wildman–Crippen LogP) is 4.14. The Balaban J connectivity index is 3.25. The van der Waals surface area contributed by atoms with Gasteiger partial charge in [-0.05, 0) is 37.1 Å². The highest BCUT2D eigenvalue weighted by molar-refractivity contribution is 6.67. The van der Waals surface area contributed by atoms with E-state index in [1.54, 1.807) is 26.0 Å². The van der Waals surface area contributed by atoms with Gasteiger partial charge >= 0.3 is 6.18 Å². The van der Waals surface area contributed by atoms with Gasteiger partial charge in [0.05, 0.1) is 12.8 Å². The largest absolute Gasteiger partial charge is 0.497 e. The number of benzene rings is 1. The molecule has 0 aliphatic carbocycles. The number of nitrogens with zero attached hydrogens (tertiary/aromatic N) is 1. The van der Waals surface area contributed by atoms with Crippen LogP contribution in [0.3, 0.4) is 0 Å². The number of rotatable bonds is 2. The number of aliphatic imine (C=N–C) groups is 1. The summed E-state index contributed by atoms with van der Waals surface area (Å²) in [5, 5.41) is -1.38. The Morgan fingerprint density at radius 3 is 2.06 bits per heavy atom. The number of aryl methyl sites for hydroxylation is 2. The van der Waals surface area contributed by atoms with E-state index in [2.05, 4.69) is 4.99 Å². The van der Waals surface area contributed by atoms with Crippen molar-refractivity contribution >= 4 is 22.5 Å². The lowest BCUT2D eigenvalue weighted by Crippen LogP contribution is -2.16. The van der Waals surface area contributed by atoms with Crippen LogP contribution in [0.1, 0.15) is 11.1 Å². The first-order valence-electron chi connectivity index (χ1n) is 4.72. The van der Waals surface area contributed by atoms with Crippen molar-refractivity contribution in [3.05, 3.63) is 23.3 Å². The van der Waals surface area contributed by atoms with Gasteiger partial charge in [0.1, 0.15) is 5.75 Å². The van der Waals surface area contributed by atoms with Crippen LogP contribution in [0.5, 0.6) is 5.75 Å². The molecule has 0 heterocycles. The molecule has 2 nitrogen and oxygen atoms in total. The molecule has 6 heteroatoms. The Morgan fingerprint density at radius 2 is 1.71 bits per heavy atom. The molecule has 0 saturated carbocycles. The lowest BCUT2D eigenvalue weighted by atomic mass is 10.1. The minimum atomic E-state index is -4.62. The van der Waals surface area contributed by atoms with Crippen molar-refractivity contribution in [2.24, 2.45) is 4.99 Å². The number of alkyl halides is 3. The van der Waals surface area contributed by atoms with E-state index >= 15 is 0 Å². The molecule has 1 aromatic rings. The van der Waals surface area contributed by atoms with Crippen LogP contribution in [0.2, 0.25) is 0 Å². The van der Waals surface area contributed by atoms with E-state index in [1.165, 1.54) is 7.11 Å². The zero-order valence-electron chi connectivity index (χ0n) is 9.52. The maximum absolute atomic E-state index is 12.3. The van der Waals surface area contributed by atoms with Crippen molar-refractivity contribution in [3.63, 3.8) is 0 Å². The first-order chi connectivity index (χ1) is 7.75. The second kappa shape index (κ2) is 4.96. The molecule has 94 valence electrons. The first kappa shape index (κ1) is 13.8. The van der Waals surface area contributed by atoms with Gasteiger partial charge in [-0.3, -0.25) is 0 Å². The molecule has 0 atom stereocenters. The summed E-state index contributed by atoms with van der Waals surface area (Å²) in [7, 11) is 1.49. The van der Waals surface area contributed by atoms with Gasteiger partial charge < -0.3 is 4.74 Å². The third-order valence-electron chi connectivity index (χ3n) is 2.14. The van der Waals surface area contributed by atoms with Gasteiger partial charge in [0.2, 0.25) is 5.17 Å². The van der Waals surface area contributed by atoms with Gasteiger partial charge in [-0.25, -0.2) is 4.99 Å². The second-order valence-electron chi connectivity index (χ2n) is 3.51. The summed E-state index contributed by atoms with van der Waals surface area (Å²) >= 11 is 5.10. The molecule has 0 fully saturated rings. The maximum atomic E-state index is 12.3. The lowest BCUT2D eigenvalue weighted by molar-refractivity contribution is -0.0558. The minimum absolute atomic E-state index is 0.216. The Labute approximate surface area is 102 Å². The molecule has 0 aliphatic rings. The van der Waals surface area contributed by atoms with E-state index in [0.29, 0.717) is 16.9 Å². The average molecular weight is 266 g/mol. The van der Waals surface area contributed by atoms with Crippen molar-refractivity contribution in [1.82, 2.24) is 0 Å². The molecule has 0 N–H and O–H groups in total. The fourth-order valence-electron chi connectivity index (χ4n) is 1.37. The summed E-state index contributed by atoms with van der Waals surface area (Å²) in [6.07, 6.45) is -4.62. The Bertz CT molecular complexity index is 432. The van der Waals surface area contributed by atoms with Gasteiger partial charge in [-0.15, -0.1) is 0 Å². The SMILES string of the molecule is COc1cc(C)c(N=C(Cl)C(F)(F)F)c(C)c1. The standard InChI is InChI=1S/C11H11ClF3NO/c1-6-4-8(17-3)5-7(2)9(6)16-10(12)11(13,14)15/h4-5H,1-3H3. The molecule has 1 rings (SSSR count). The zero-order chi connectivity index (χ0) is 13.2. The topological polar surface area (TPSA) is 21.6 Å². The highest BCUT2D eigenvalue weighted by Crippen LogP contribution is 2.31. The molecule has 0 radical (unpaired) electrons. The molecule has 0 saturated heterocycles. The van der Waals surface area contributed by atoms with Crippen molar-refractivity contribution in [3.8, 4) is 5.75 Å². The summed E-state index contributed by atoms with van der Waals surface area (Å²) in [5.41, 5.74) is 1.36. The smallest absolute Gasteiger partial charge is 0.444 e. The maximum Gasteiger partial charge on any atom is 0.444 e. The summed E-state index contributed by atoms with van der Waals surface area (Å²) in [6.45, 7) is 3.30. The van der Waals surface area contributed by atoms with Crippen LogP contribution in [0.4, 0.5) is 18.9 Å². The normalized spacial score (nSPS) is 12.8. The van der Waals surface area contributed by atoms with Gasteiger partial charge in [-0.1, -0.05) is 11.6 Å². The Kier molecular flexibility index (Phi) is 4.03. The van der Waals surface area contributed by atoms with Crippen LogP contribution in [0.15, 0.2) is 17.1 Å². The van der Waals surface area contributed by atoms with Crippen LogP contribution in [0.25, 0.3) is 0 Å². The van der Waals surface area contributed by atoms with E-state index in [-0.39, 0.29) is 5.69 Å². The van der Waals surface area contributed by atoms with Crippen molar-refractivity contribution in [1.29, 1.82) is 0 Å². The van der Waals surface area contributed by atoms with Crippen LogP contribution in [-0.4, -0.2) is 18.5 Å². The molecule has 0 bridgehead atoms. The molecule has 0 spiro atoms. The van der Waals surface area contributed by atoms with Crippen LogP contribution >= 0.6 is 11.6 Å². The first-order valence-corrected chi connectivity index (χ1v) is 5.10. The molecule has 0 aromatic heterocycles. The minimum Gasteiger partial charge on any atom is -0.497 e. The average Bonchev–Trinajstić information content (AvgIpc) is 2.21. The number of methoxy groups -OCH3 is 1. The van der Waals surface area contributed by atoms with Crippen LogP contribution < -0.4 is 4.74 Å². The van der Waals surface area contributed by atoms with Crippen molar-refractivity contribution < 1.29 is 17.9 Å². The molecule has 0 aliphatic heterocycles. The molecular weight excluding hydrogens is 255 g/mol. The van der Waals surface area contributed by atoms with Gasteiger partial charge in [0.15, 0.2) is 0 Å². The summed E-state index contributed by atoms with van der Waals surface area (Å²) in [5.74, 6) is 0.571. The van der Waals surface area contributed by atoms with Gasteiger partial charge in [0.25, 0.3) is 0 Å². The number of halogens is 4. The van der Waals surface area contributed by atoms with Crippen LogP contribution in [-0.2, 0) is 0 Å². The number of ether oxygens (including phenoxy) is 1. The monoisotopic (exact) mass is 265 g/mol. The molecular formula is C11H11ClF3NO. The van der Waals surface area contributed by atoms with E-state index < -0.39 is 11.3 Å². The Hall–Kier alpha value is -1.23. The summed E-state index contributed by atoms with van der Waals surface area (Å²) in [4.78, 5) is 3.41. The fraction of sp³-hybridized carbons (Fsp3) is 0.364. The van der Waals surface area contributed by atoms with E-state index in [9.17, 15) is 13.2 Å². The predicted molar refractivity (Wildman–Crippen MR) is 61.5 cm³/mol. The van der Waals surface area contributed by atoms with E-state index in [0.717, 1.165) is 0 Å². The third kappa shape index (κ3) is 3.36.